The van der Waals surface area contributed by atoms with Gasteiger partial charge in [-0.3, -0.25) is 9.59 Å². The minimum absolute atomic E-state index is 0.166. The van der Waals surface area contributed by atoms with Crippen molar-refractivity contribution in [2.24, 2.45) is 7.05 Å². The molecule has 114 valence electrons. The number of anilines is 1. The zero-order valence-electron chi connectivity index (χ0n) is 12.5. The molecule has 2 heterocycles. The number of rotatable bonds is 2. The number of hydrogen-bond acceptors (Lipinski definition) is 5. The number of aryl methyl sites for hydroxylation is 2. The molecule has 0 saturated heterocycles. The van der Waals surface area contributed by atoms with E-state index in [0.717, 1.165) is 0 Å². The molecule has 3 aromatic rings. The van der Waals surface area contributed by atoms with E-state index < -0.39 is 0 Å². The summed E-state index contributed by atoms with van der Waals surface area (Å²) in [6.07, 6.45) is 1.45. The number of thiophene rings is 1. The van der Waals surface area contributed by atoms with Crippen LogP contribution in [0.5, 0.6) is 0 Å². The third kappa shape index (κ3) is 2.60. The molecule has 1 aromatic carbocycles. The maximum atomic E-state index is 12.5. The summed E-state index contributed by atoms with van der Waals surface area (Å²) < 4.78 is 1.39. The highest BCUT2D eigenvalue weighted by Gasteiger charge is 2.19. The summed E-state index contributed by atoms with van der Waals surface area (Å²) in [6, 6.07) is 8.61. The molecular weight excluding hydrogens is 312 g/mol. The van der Waals surface area contributed by atoms with Crippen molar-refractivity contribution < 1.29 is 4.79 Å². The quantitative estimate of drug-likeness (QED) is 0.784. The number of nitrogens with one attached hydrogen (secondary N) is 1. The second kappa shape index (κ2) is 5.66. The first kappa shape index (κ1) is 14.9. The Kier molecular flexibility index (Phi) is 3.68. The maximum absolute atomic E-state index is 12.5. The zero-order valence-corrected chi connectivity index (χ0v) is 13.3. The fourth-order valence-electron chi connectivity index (χ4n) is 2.24. The van der Waals surface area contributed by atoms with Crippen molar-refractivity contribution in [3.8, 4) is 6.07 Å². The van der Waals surface area contributed by atoms with Crippen LogP contribution in [0.1, 0.15) is 20.8 Å². The molecule has 0 atom stereocenters. The van der Waals surface area contributed by atoms with Gasteiger partial charge in [0.15, 0.2) is 0 Å². The highest BCUT2D eigenvalue weighted by atomic mass is 32.1. The van der Waals surface area contributed by atoms with Gasteiger partial charge in [-0.15, -0.1) is 11.3 Å². The van der Waals surface area contributed by atoms with E-state index in [9.17, 15) is 9.59 Å². The number of carbonyl (C=O) groups is 1. The summed E-state index contributed by atoms with van der Waals surface area (Å²) in [7, 11) is 1.63. The summed E-state index contributed by atoms with van der Waals surface area (Å²) in [6.45, 7) is 1.75. The molecule has 1 amide bonds. The SMILES string of the molecule is Cc1c(C(=O)Nc2ccc(C#N)cc2)sc2ncn(C)c(=O)c12. The van der Waals surface area contributed by atoms with E-state index in [4.69, 9.17) is 5.26 Å². The van der Waals surface area contributed by atoms with Crippen molar-refractivity contribution in [2.75, 3.05) is 5.32 Å². The largest absolute Gasteiger partial charge is 0.321 e. The van der Waals surface area contributed by atoms with Gasteiger partial charge in [0.2, 0.25) is 0 Å². The Morgan fingerprint density at radius 1 is 1.35 bits per heavy atom. The van der Waals surface area contributed by atoms with E-state index in [0.29, 0.717) is 31.9 Å². The number of benzene rings is 1. The number of hydrogen-bond donors (Lipinski definition) is 1. The summed E-state index contributed by atoms with van der Waals surface area (Å²) in [5.74, 6) is -0.294. The lowest BCUT2D eigenvalue weighted by molar-refractivity contribution is 0.103. The molecule has 0 unspecified atom stereocenters. The van der Waals surface area contributed by atoms with Gasteiger partial charge in [0.05, 0.1) is 28.2 Å². The number of amides is 1. The minimum atomic E-state index is -0.294. The smallest absolute Gasteiger partial charge is 0.266 e. The van der Waals surface area contributed by atoms with Crippen LogP contribution in [-0.4, -0.2) is 15.5 Å². The van der Waals surface area contributed by atoms with Crippen molar-refractivity contribution in [3.05, 3.63) is 57.0 Å². The van der Waals surface area contributed by atoms with Gasteiger partial charge in [0, 0.05) is 12.7 Å². The van der Waals surface area contributed by atoms with Crippen LogP contribution in [-0.2, 0) is 7.05 Å². The van der Waals surface area contributed by atoms with E-state index in [1.54, 1.807) is 38.2 Å². The number of carbonyl (C=O) groups excluding carboxylic acids is 1. The standard InChI is InChI=1S/C16H12N4O2S/c1-9-12-15(18-8-20(2)16(12)22)23-13(9)14(21)19-11-5-3-10(7-17)4-6-11/h3-6,8H,1-2H3,(H,19,21). The van der Waals surface area contributed by atoms with E-state index in [1.165, 1.54) is 22.2 Å². The molecule has 0 spiro atoms. The van der Waals surface area contributed by atoms with Crippen LogP contribution in [0.4, 0.5) is 5.69 Å². The molecule has 0 saturated carbocycles. The fraction of sp³-hybridized carbons (Fsp3) is 0.125. The Bertz CT molecular complexity index is 1010. The van der Waals surface area contributed by atoms with Gasteiger partial charge in [0.1, 0.15) is 4.83 Å². The summed E-state index contributed by atoms with van der Waals surface area (Å²) >= 11 is 1.19. The third-order valence-corrected chi connectivity index (χ3v) is 4.69. The van der Waals surface area contributed by atoms with Crippen LogP contribution in [0.25, 0.3) is 10.2 Å². The fourth-order valence-corrected chi connectivity index (χ4v) is 3.28. The Labute approximate surface area is 135 Å². The van der Waals surface area contributed by atoms with Gasteiger partial charge in [-0.1, -0.05) is 0 Å². The molecule has 3 rings (SSSR count). The van der Waals surface area contributed by atoms with E-state index in [2.05, 4.69) is 10.3 Å². The Morgan fingerprint density at radius 3 is 2.70 bits per heavy atom. The summed E-state index contributed by atoms with van der Waals surface area (Å²) in [4.78, 5) is 29.8. The van der Waals surface area contributed by atoms with Crippen molar-refractivity contribution in [2.45, 2.75) is 6.92 Å². The molecule has 1 N–H and O–H groups in total. The first-order chi connectivity index (χ1) is 11.0. The average Bonchev–Trinajstić information content (AvgIpc) is 2.89. The second-order valence-electron chi connectivity index (χ2n) is 5.04. The predicted octanol–water partition coefficient (Wildman–Crippen LogP) is 2.43. The molecular formula is C16H12N4O2S. The van der Waals surface area contributed by atoms with Gasteiger partial charge >= 0.3 is 0 Å². The normalized spacial score (nSPS) is 10.5. The molecule has 7 heteroatoms. The van der Waals surface area contributed by atoms with Gasteiger partial charge in [-0.2, -0.15) is 5.26 Å². The highest BCUT2D eigenvalue weighted by Crippen LogP contribution is 2.27. The van der Waals surface area contributed by atoms with Crippen LogP contribution in [0.3, 0.4) is 0 Å². The Morgan fingerprint density at radius 2 is 2.04 bits per heavy atom. The number of nitriles is 1. The molecule has 2 aromatic heterocycles. The average molecular weight is 324 g/mol. The summed E-state index contributed by atoms with van der Waals surface area (Å²) in [5.41, 5.74) is 1.58. The predicted molar refractivity (Wildman–Crippen MR) is 88.7 cm³/mol. The number of nitrogens with zero attached hydrogens (tertiary/aromatic N) is 3. The monoisotopic (exact) mass is 324 g/mol. The first-order valence-corrected chi connectivity index (χ1v) is 7.59. The van der Waals surface area contributed by atoms with Crippen molar-refractivity contribution in [1.29, 1.82) is 5.26 Å². The second-order valence-corrected chi connectivity index (χ2v) is 6.04. The molecule has 0 fully saturated rings. The highest BCUT2D eigenvalue weighted by molar-refractivity contribution is 7.20. The minimum Gasteiger partial charge on any atom is -0.321 e. The molecule has 0 bridgehead atoms. The van der Waals surface area contributed by atoms with Gasteiger partial charge < -0.3 is 9.88 Å². The van der Waals surface area contributed by atoms with Gasteiger partial charge in [-0.25, -0.2) is 4.98 Å². The molecule has 0 aliphatic heterocycles. The molecule has 0 aliphatic carbocycles. The van der Waals surface area contributed by atoms with Crippen LogP contribution >= 0.6 is 11.3 Å². The maximum Gasteiger partial charge on any atom is 0.266 e. The van der Waals surface area contributed by atoms with Crippen LogP contribution < -0.4 is 10.9 Å². The molecule has 6 nitrogen and oxygen atoms in total. The number of fused-ring (bicyclic) bond motifs is 1. The number of aromatic nitrogens is 2. The zero-order chi connectivity index (χ0) is 16.6. The van der Waals surface area contributed by atoms with E-state index in [1.807, 2.05) is 6.07 Å². The Balaban J connectivity index is 1.98. The molecule has 0 radical (unpaired) electrons. The summed E-state index contributed by atoms with van der Waals surface area (Å²) in [5, 5.41) is 12.0. The lowest BCUT2D eigenvalue weighted by Gasteiger charge is -2.04. The van der Waals surface area contributed by atoms with E-state index >= 15 is 0 Å². The Hall–Kier alpha value is -2.98. The lowest BCUT2D eigenvalue weighted by Crippen LogP contribution is -2.17. The third-order valence-electron chi connectivity index (χ3n) is 3.49. The van der Waals surface area contributed by atoms with Crippen LogP contribution in [0.2, 0.25) is 0 Å². The van der Waals surface area contributed by atoms with Crippen LogP contribution in [0.15, 0.2) is 35.4 Å². The lowest BCUT2D eigenvalue weighted by atomic mass is 10.2. The van der Waals surface area contributed by atoms with E-state index in [-0.39, 0.29) is 11.5 Å². The van der Waals surface area contributed by atoms with Crippen LogP contribution in [0, 0.1) is 18.3 Å². The first-order valence-electron chi connectivity index (χ1n) is 6.77. The van der Waals surface area contributed by atoms with Gasteiger partial charge in [0.25, 0.3) is 11.5 Å². The molecule has 23 heavy (non-hydrogen) atoms. The van der Waals surface area contributed by atoms with Crippen molar-refractivity contribution in [1.82, 2.24) is 9.55 Å². The van der Waals surface area contributed by atoms with Crippen molar-refractivity contribution >= 4 is 33.1 Å². The molecule has 0 aliphatic rings. The topological polar surface area (TPSA) is 87.8 Å². The van der Waals surface area contributed by atoms with Crippen molar-refractivity contribution in [3.63, 3.8) is 0 Å². The van der Waals surface area contributed by atoms with Gasteiger partial charge in [-0.05, 0) is 36.8 Å².